The maximum atomic E-state index is 11.5. The quantitative estimate of drug-likeness (QED) is 0.895. The van der Waals surface area contributed by atoms with Gasteiger partial charge < -0.3 is 10.0 Å². The molecule has 3 nitrogen and oxygen atoms in total. The van der Waals surface area contributed by atoms with Crippen LogP contribution in [0.25, 0.3) is 0 Å². The van der Waals surface area contributed by atoms with Crippen molar-refractivity contribution in [2.75, 3.05) is 4.90 Å². The van der Waals surface area contributed by atoms with E-state index in [-0.39, 0.29) is 6.04 Å². The van der Waals surface area contributed by atoms with E-state index in [1.54, 1.807) is 6.07 Å². The van der Waals surface area contributed by atoms with Gasteiger partial charge in [-0.05, 0) is 43.2 Å². The number of anilines is 2. The predicted octanol–water partition coefficient (Wildman–Crippen LogP) is 4.23. The summed E-state index contributed by atoms with van der Waals surface area (Å²) in [5.74, 6) is -0.905. The second kappa shape index (κ2) is 4.94. The molecule has 3 rings (SSSR count). The zero-order valence-electron chi connectivity index (χ0n) is 11.0. The summed E-state index contributed by atoms with van der Waals surface area (Å²) in [5, 5.41) is 9.44. The highest BCUT2D eigenvalue weighted by atomic mass is 79.9. The number of para-hydroxylation sites is 1. The third-order valence-electron chi connectivity index (χ3n) is 3.66. The Morgan fingerprint density at radius 1 is 1.25 bits per heavy atom. The lowest BCUT2D eigenvalue weighted by molar-refractivity contribution is 0.0697. The maximum Gasteiger partial charge on any atom is 0.337 e. The third kappa shape index (κ3) is 2.10. The first-order valence-corrected chi connectivity index (χ1v) is 7.27. The van der Waals surface area contributed by atoms with Crippen LogP contribution in [0.1, 0.15) is 22.8 Å². The second-order valence-electron chi connectivity index (χ2n) is 5.02. The number of hydrogen-bond acceptors (Lipinski definition) is 2. The van der Waals surface area contributed by atoms with E-state index in [2.05, 4.69) is 33.8 Å². The molecule has 0 bridgehead atoms. The Morgan fingerprint density at radius 2 is 2.00 bits per heavy atom. The highest BCUT2D eigenvalue weighted by Gasteiger charge is 2.29. The summed E-state index contributed by atoms with van der Waals surface area (Å²) in [4.78, 5) is 13.6. The molecule has 2 aromatic carbocycles. The Labute approximate surface area is 126 Å². The molecule has 0 spiro atoms. The number of carboxylic acid groups (broad SMARTS) is 1. The largest absolute Gasteiger partial charge is 0.478 e. The number of carboxylic acids is 1. The van der Waals surface area contributed by atoms with Crippen LogP contribution in [0.15, 0.2) is 46.9 Å². The molecule has 1 N–H and O–H groups in total. The summed E-state index contributed by atoms with van der Waals surface area (Å²) >= 11 is 3.34. The molecule has 0 aromatic heterocycles. The summed E-state index contributed by atoms with van der Waals surface area (Å²) in [5.41, 5.74) is 3.44. The molecule has 1 unspecified atom stereocenters. The summed E-state index contributed by atoms with van der Waals surface area (Å²) in [7, 11) is 0. The Bertz CT molecular complexity index is 684. The number of rotatable bonds is 2. The predicted molar refractivity (Wildman–Crippen MR) is 82.8 cm³/mol. The van der Waals surface area contributed by atoms with Gasteiger partial charge in [0.15, 0.2) is 0 Å². The van der Waals surface area contributed by atoms with Gasteiger partial charge in [0.05, 0.1) is 11.3 Å². The molecule has 0 amide bonds. The van der Waals surface area contributed by atoms with Crippen molar-refractivity contribution in [1.29, 1.82) is 0 Å². The monoisotopic (exact) mass is 331 g/mol. The molecule has 1 aliphatic rings. The lowest BCUT2D eigenvalue weighted by Crippen LogP contribution is -2.25. The first kappa shape index (κ1) is 13.2. The minimum Gasteiger partial charge on any atom is -0.478 e. The number of nitrogens with zero attached hydrogens (tertiary/aromatic N) is 1. The number of fused-ring (bicyclic) bond motifs is 1. The Hall–Kier alpha value is -1.81. The average molecular weight is 332 g/mol. The molecule has 0 saturated carbocycles. The molecule has 102 valence electrons. The number of halogens is 1. The zero-order valence-corrected chi connectivity index (χ0v) is 12.6. The molecule has 20 heavy (non-hydrogen) atoms. The molecule has 1 aliphatic heterocycles. The van der Waals surface area contributed by atoms with Crippen molar-refractivity contribution in [3.05, 3.63) is 58.1 Å². The van der Waals surface area contributed by atoms with E-state index in [0.29, 0.717) is 5.56 Å². The number of aromatic carboxylic acids is 1. The van der Waals surface area contributed by atoms with Crippen LogP contribution in [0.3, 0.4) is 0 Å². The fraction of sp³-hybridized carbons (Fsp3) is 0.188. The average Bonchev–Trinajstić information content (AvgIpc) is 2.74. The molecule has 1 atom stereocenters. The van der Waals surface area contributed by atoms with Crippen LogP contribution in [-0.2, 0) is 6.42 Å². The van der Waals surface area contributed by atoms with Gasteiger partial charge in [-0.3, -0.25) is 0 Å². The van der Waals surface area contributed by atoms with Gasteiger partial charge in [0, 0.05) is 16.2 Å². The minimum atomic E-state index is -0.905. The van der Waals surface area contributed by atoms with E-state index in [0.717, 1.165) is 22.3 Å². The molecule has 0 fully saturated rings. The van der Waals surface area contributed by atoms with Gasteiger partial charge >= 0.3 is 5.97 Å². The van der Waals surface area contributed by atoms with Crippen LogP contribution in [0, 0.1) is 0 Å². The van der Waals surface area contributed by atoms with Crippen molar-refractivity contribution in [2.45, 2.75) is 19.4 Å². The smallest absolute Gasteiger partial charge is 0.337 e. The van der Waals surface area contributed by atoms with Crippen molar-refractivity contribution in [3.8, 4) is 0 Å². The van der Waals surface area contributed by atoms with Crippen molar-refractivity contribution < 1.29 is 9.90 Å². The van der Waals surface area contributed by atoms with Gasteiger partial charge in [0.1, 0.15) is 0 Å². The standard InChI is InChI=1S/C16H14BrNO2/c1-10-8-11-4-2-3-5-14(11)18(10)15-7-6-12(17)9-13(15)16(19)20/h2-7,9-10H,8H2,1H3,(H,19,20). The van der Waals surface area contributed by atoms with Gasteiger partial charge in [-0.1, -0.05) is 34.1 Å². The normalized spacial score (nSPS) is 17.1. The van der Waals surface area contributed by atoms with E-state index < -0.39 is 5.97 Å². The van der Waals surface area contributed by atoms with E-state index in [9.17, 15) is 9.90 Å². The van der Waals surface area contributed by atoms with Crippen LogP contribution >= 0.6 is 15.9 Å². The molecule has 4 heteroatoms. The number of carbonyl (C=O) groups is 1. The summed E-state index contributed by atoms with van der Waals surface area (Å²) < 4.78 is 0.777. The molecule has 1 heterocycles. The summed E-state index contributed by atoms with van der Waals surface area (Å²) in [6, 6.07) is 13.8. The van der Waals surface area contributed by atoms with E-state index in [4.69, 9.17) is 0 Å². The van der Waals surface area contributed by atoms with Crippen molar-refractivity contribution in [1.82, 2.24) is 0 Å². The highest BCUT2D eigenvalue weighted by molar-refractivity contribution is 9.10. The van der Waals surface area contributed by atoms with E-state index in [1.807, 2.05) is 30.3 Å². The van der Waals surface area contributed by atoms with Gasteiger partial charge in [-0.2, -0.15) is 0 Å². The fourth-order valence-electron chi connectivity index (χ4n) is 2.82. The van der Waals surface area contributed by atoms with Gasteiger partial charge in [-0.15, -0.1) is 0 Å². The molecule has 0 radical (unpaired) electrons. The fourth-order valence-corrected chi connectivity index (χ4v) is 3.18. The van der Waals surface area contributed by atoms with Gasteiger partial charge in [0.2, 0.25) is 0 Å². The van der Waals surface area contributed by atoms with Crippen molar-refractivity contribution >= 4 is 33.3 Å². The van der Waals surface area contributed by atoms with Gasteiger partial charge in [0.25, 0.3) is 0 Å². The van der Waals surface area contributed by atoms with Crippen LogP contribution in [0.2, 0.25) is 0 Å². The van der Waals surface area contributed by atoms with E-state index >= 15 is 0 Å². The lowest BCUT2D eigenvalue weighted by atomic mass is 10.1. The molecule has 0 aliphatic carbocycles. The first-order chi connectivity index (χ1) is 9.58. The zero-order chi connectivity index (χ0) is 14.3. The van der Waals surface area contributed by atoms with E-state index in [1.165, 1.54) is 5.56 Å². The third-order valence-corrected chi connectivity index (χ3v) is 4.15. The Balaban J connectivity index is 2.17. The lowest BCUT2D eigenvalue weighted by Gasteiger charge is -2.26. The molecular weight excluding hydrogens is 318 g/mol. The topological polar surface area (TPSA) is 40.5 Å². The SMILES string of the molecule is CC1Cc2ccccc2N1c1ccc(Br)cc1C(=O)O. The molecule has 2 aromatic rings. The molecular formula is C16H14BrNO2. The van der Waals surface area contributed by atoms with Crippen molar-refractivity contribution in [2.24, 2.45) is 0 Å². The summed E-state index contributed by atoms with van der Waals surface area (Å²) in [6.45, 7) is 2.12. The first-order valence-electron chi connectivity index (χ1n) is 6.48. The van der Waals surface area contributed by atoms with Gasteiger partial charge in [-0.25, -0.2) is 4.79 Å². The van der Waals surface area contributed by atoms with Crippen LogP contribution in [0.5, 0.6) is 0 Å². The number of hydrogen-bond donors (Lipinski definition) is 1. The number of benzene rings is 2. The van der Waals surface area contributed by atoms with Crippen LogP contribution in [-0.4, -0.2) is 17.1 Å². The second-order valence-corrected chi connectivity index (χ2v) is 5.93. The highest BCUT2D eigenvalue weighted by Crippen LogP contribution is 2.40. The summed E-state index contributed by atoms with van der Waals surface area (Å²) in [6.07, 6.45) is 0.936. The Kier molecular flexibility index (Phi) is 3.26. The van der Waals surface area contributed by atoms with Crippen molar-refractivity contribution in [3.63, 3.8) is 0 Å². The van der Waals surface area contributed by atoms with Crippen LogP contribution in [0.4, 0.5) is 11.4 Å². The molecule has 0 saturated heterocycles. The Morgan fingerprint density at radius 3 is 2.75 bits per heavy atom. The maximum absolute atomic E-state index is 11.5. The minimum absolute atomic E-state index is 0.256. The van der Waals surface area contributed by atoms with Crippen LogP contribution < -0.4 is 4.90 Å².